The van der Waals surface area contributed by atoms with Crippen molar-refractivity contribution in [1.82, 2.24) is 14.8 Å². The van der Waals surface area contributed by atoms with Gasteiger partial charge in [0, 0.05) is 13.1 Å². The smallest absolute Gasteiger partial charge is 0.234 e. The van der Waals surface area contributed by atoms with Crippen LogP contribution in [0, 0.1) is 11.8 Å². The summed E-state index contributed by atoms with van der Waals surface area (Å²) in [5.74, 6) is 2.68. The molecule has 10 heteroatoms. The molecule has 1 amide bonds. The summed E-state index contributed by atoms with van der Waals surface area (Å²) in [6.45, 7) is 6.87. The van der Waals surface area contributed by atoms with E-state index in [1.54, 1.807) is 24.5 Å². The number of benzene rings is 1. The van der Waals surface area contributed by atoms with E-state index in [-0.39, 0.29) is 11.7 Å². The van der Waals surface area contributed by atoms with E-state index in [0.29, 0.717) is 39.3 Å². The first-order valence-electron chi connectivity index (χ1n) is 10.5. The van der Waals surface area contributed by atoms with Gasteiger partial charge in [-0.25, -0.2) is 0 Å². The minimum atomic E-state index is -0.223. The van der Waals surface area contributed by atoms with Crippen molar-refractivity contribution in [2.24, 2.45) is 11.8 Å². The number of carbonyl (C=O) groups excluding carboxylic acids is 1. The molecular weight excluding hydrogens is 469 g/mol. The molecule has 0 radical (unpaired) electrons. The number of carbonyl (C=O) groups is 1. The number of anilines is 2. The fourth-order valence-corrected chi connectivity index (χ4v) is 5.29. The Hall–Kier alpha value is -2.16. The highest BCUT2D eigenvalue weighted by Gasteiger charge is 2.27. The Kier molecular flexibility index (Phi) is 7.33. The second kappa shape index (κ2) is 10.2. The fourth-order valence-electron chi connectivity index (χ4n) is 4.07. The predicted octanol–water partition coefficient (Wildman–Crippen LogP) is 5.44. The summed E-state index contributed by atoms with van der Waals surface area (Å²) in [5.41, 5.74) is 0.412. The van der Waals surface area contributed by atoms with Gasteiger partial charge in [-0.1, -0.05) is 54.9 Å². The molecule has 2 unspecified atom stereocenters. The van der Waals surface area contributed by atoms with Crippen LogP contribution >= 0.6 is 35.0 Å². The summed E-state index contributed by atoms with van der Waals surface area (Å²) in [7, 11) is 0. The Morgan fingerprint density at radius 2 is 1.88 bits per heavy atom. The predicted molar refractivity (Wildman–Crippen MR) is 129 cm³/mol. The van der Waals surface area contributed by atoms with Crippen LogP contribution in [0.5, 0.6) is 0 Å². The molecular formula is C22H25Cl2N5O2S. The first-order valence-corrected chi connectivity index (χ1v) is 12.2. The standard InChI is InChI=1S/C22H25Cl2N5O2S/c1-14-9-15(2)11-28(10-14)21-26-27-22(29(21)12-16-5-4-8-31-16)32-13-19(30)25-20-17(23)6-3-7-18(20)24/h3-8,14-15H,9-13H2,1-2H3,(H,25,30). The third-order valence-electron chi connectivity index (χ3n) is 5.30. The van der Waals surface area contributed by atoms with Gasteiger partial charge in [-0.05, 0) is 42.5 Å². The molecule has 1 N–H and O–H groups in total. The summed E-state index contributed by atoms with van der Waals surface area (Å²) in [4.78, 5) is 14.9. The first kappa shape index (κ1) is 23.0. The minimum Gasteiger partial charge on any atom is -0.467 e. The average molecular weight is 494 g/mol. The SMILES string of the molecule is CC1CC(C)CN(c2nnc(SCC(=O)Nc3c(Cl)cccc3Cl)n2Cc2ccco2)C1. The van der Waals surface area contributed by atoms with Crippen LogP contribution in [0.3, 0.4) is 0 Å². The molecule has 0 aliphatic carbocycles. The lowest BCUT2D eigenvalue weighted by atomic mass is 9.92. The zero-order valence-electron chi connectivity index (χ0n) is 17.9. The zero-order chi connectivity index (χ0) is 22.7. The summed E-state index contributed by atoms with van der Waals surface area (Å²) in [6, 6.07) is 8.88. The number of furan rings is 1. The van der Waals surface area contributed by atoms with Gasteiger partial charge in [0.15, 0.2) is 5.16 Å². The van der Waals surface area contributed by atoms with Gasteiger partial charge >= 0.3 is 0 Å². The number of para-hydroxylation sites is 1. The molecule has 1 aliphatic rings. The van der Waals surface area contributed by atoms with Crippen LogP contribution in [-0.4, -0.2) is 39.5 Å². The van der Waals surface area contributed by atoms with Crippen LogP contribution in [0.4, 0.5) is 11.6 Å². The number of halogens is 2. The van der Waals surface area contributed by atoms with E-state index < -0.39 is 0 Å². The first-order chi connectivity index (χ1) is 15.4. The lowest BCUT2D eigenvalue weighted by molar-refractivity contribution is -0.113. The van der Waals surface area contributed by atoms with E-state index in [0.717, 1.165) is 24.8 Å². The molecule has 2 aromatic heterocycles. The van der Waals surface area contributed by atoms with Crippen molar-refractivity contribution in [2.45, 2.75) is 32.0 Å². The van der Waals surface area contributed by atoms with E-state index >= 15 is 0 Å². The second-order valence-corrected chi connectivity index (χ2v) is 9.99. The molecule has 1 fully saturated rings. The maximum Gasteiger partial charge on any atom is 0.234 e. The molecule has 3 aromatic rings. The van der Waals surface area contributed by atoms with Crippen molar-refractivity contribution in [3.63, 3.8) is 0 Å². The third-order valence-corrected chi connectivity index (χ3v) is 6.90. The van der Waals surface area contributed by atoms with Crippen molar-refractivity contribution >= 4 is 52.5 Å². The van der Waals surface area contributed by atoms with E-state index in [1.165, 1.54) is 18.2 Å². The zero-order valence-corrected chi connectivity index (χ0v) is 20.3. The summed E-state index contributed by atoms with van der Waals surface area (Å²) in [6.07, 6.45) is 2.85. The number of amides is 1. The van der Waals surface area contributed by atoms with Gasteiger partial charge in [-0.2, -0.15) is 0 Å². The van der Waals surface area contributed by atoms with Crippen molar-refractivity contribution in [3.05, 3.63) is 52.4 Å². The highest BCUT2D eigenvalue weighted by Crippen LogP contribution is 2.31. The van der Waals surface area contributed by atoms with Crippen LogP contribution in [0.2, 0.25) is 10.0 Å². The van der Waals surface area contributed by atoms with Gasteiger partial charge in [-0.3, -0.25) is 9.36 Å². The maximum absolute atomic E-state index is 12.6. The lowest BCUT2D eigenvalue weighted by Gasteiger charge is -2.35. The highest BCUT2D eigenvalue weighted by molar-refractivity contribution is 7.99. The summed E-state index contributed by atoms with van der Waals surface area (Å²) >= 11 is 13.6. The van der Waals surface area contributed by atoms with E-state index in [4.69, 9.17) is 27.6 Å². The Balaban J connectivity index is 1.51. The van der Waals surface area contributed by atoms with Crippen LogP contribution in [0.15, 0.2) is 46.2 Å². The third kappa shape index (κ3) is 5.42. The number of nitrogens with one attached hydrogen (secondary N) is 1. The van der Waals surface area contributed by atoms with Crippen LogP contribution in [0.1, 0.15) is 26.0 Å². The Morgan fingerprint density at radius 3 is 2.53 bits per heavy atom. The quantitative estimate of drug-likeness (QED) is 0.441. The molecule has 0 spiro atoms. The number of thioether (sulfide) groups is 1. The lowest BCUT2D eigenvalue weighted by Crippen LogP contribution is -2.40. The second-order valence-electron chi connectivity index (χ2n) is 8.23. The number of hydrogen-bond donors (Lipinski definition) is 1. The Labute approximate surface area is 201 Å². The molecule has 32 heavy (non-hydrogen) atoms. The van der Waals surface area contributed by atoms with Gasteiger partial charge in [0.05, 0.1) is 34.3 Å². The van der Waals surface area contributed by atoms with Crippen molar-refractivity contribution in [2.75, 3.05) is 29.1 Å². The van der Waals surface area contributed by atoms with Crippen LogP contribution in [0.25, 0.3) is 0 Å². The fraction of sp³-hybridized carbons (Fsp3) is 0.409. The molecule has 0 saturated carbocycles. The van der Waals surface area contributed by atoms with Crippen molar-refractivity contribution in [3.8, 4) is 0 Å². The Bertz CT molecular complexity index is 1040. The molecule has 1 aromatic carbocycles. The summed E-state index contributed by atoms with van der Waals surface area (Å²) in [5, 5.41) is 13.1. The maximum atomic E-state index is 12.6. The van der Waals surface area contributed by atoms with Gasteiger partial charge in [-0.15, -0.1) is 10.2 Å². The van der Waals surface area contributed by atoms with E-state index in [9.17, 15) is 4.79 Å². The van der Waals surface area contributed by atoms with Crippen molar-refractivity contribution < 1.29 is 9.21 Å². The van der Waals surface area contributed by atoms with E-state index in [2.05, 4.69) is 34.3 Å². The number of hydrogen-bond acceptors (Lipinski definition) is 6. The average Bonchev–Trinajstić information content (AvgIpc) is 3.39. The molecule has 3 heterocycles. The molecule has 4 rings (SSSR count). The van der Waals surface area contributed by atoms with Gasteiger partial charge in [0.2, 0.25) is 11.9 Å². The molecule has 2 atom stereocenters. The molecule has 1 aliphatic heterocycles. The van der Waals surface area contributed by atoms with Gasteiger partial charge in [0.25, 0.3) is 0 Å². The Morgan fingerprint density at radius 1 is 1.16 bits per heavy atom. The number of piperidine rings is 1. The molecule has 1 saturated heterocycles. The number of aromatic nitrogens is 3. The normalized spacial score (nSPS) is 18.7. The topological polar surface area (TPSA) is 76.2 Å². The molecule has 7 nitrogen and oxygen atoms in total. The van der Waals surface area contributed by atoms with Crippen molar-refractivity contribution in [1.29, 1.82) is 0 Å². The van der Waals surface area contributed by atoms with Gasteiger partial charge in [0.1, 0.15) is 5.76 Å². The highest BCUT2D eigenvalue weighted by atomic mass is 35.5. The largest absolute Gasteiger partial charge is 0.467 e. The summed E-state index contributed by atoms with van der Waals surface area (Å²) < 4.78 is 7.58. The van der Waals surface area contributed by atoms with Gasteiger partial charge < -0.3 is 14.6 Å². The van der Waals surface area contributed by atoms with Crippen LogP contribution in [-0.2, 0) is 11.3 Å². The van der Waals surface area contributed by atoms with Crippen LogP contribution < -0.4 is 10.2 Å². The minimum absolute atomic E-state index is 0.143. The molecule has 0 bridgehead atoms. The van der Waals surface area contributed by atoms with E-state index in [1.807, 2.05) is 16.7 Å². The monoisotopic (exact) mass is 493 g/mol. The molecule has 170 valence electrons. The number of nitrogens with zero attached hydrogens (tertiary/aromatic N) is 4. The number of rotatable bonds is 7.